The minimum Gasteiger partial charge on any atom is -0.478 e. The van der Waals surface area contributed by atoms with Crippen LogP contribution in [0.5, 0.6) is 23.0 Å². The fourth-order valence-corrected chi connectivity index (χ4v) is 8.94. The number of sulfonamides is 2. The summed E-state index contributed by atoms with van der Waals surface area (Å²) in [4.78, 5) is 49.8. The van der Waals surface area contributed by atoms with Crippen LogP contribution in [0.4, 0.5) is 11.4 Å². The second-order valence-corrected chi connectivity index (χ2v) is 19.5. The zero-order chi connectivity index (χ0) is 55.6. The third-order valence-corrected chi connectivity index (χ3v) is 13.1. The predicted molar refractivity (Wildman–Crippen MR) is 289 cm³/mol. The van der Waals surface area contributed by atoms with Crippen LogP contribution in [0.1, 0.15) is 52.6 Å². The molecule has 0 radical (unpaired) electrons. The van der Waals surface area contributed by atoms with E-state index in [-0.39, 0.29) is 66.6 Å². The fraction of sp³-hybridized carbons (Fsp3) is 0.0182. The number of amidine groups is 2. The number of ether oxygens (including phenoxy) is 3. The molecule has 390 valence electrons. The van der Waals surface area contributed by atoms with E-state index in [1.165, 1.54) is 86.0 Å². The molecule has 13 N–H and O–H groups in total. The van der Waals surface area contributed by atoms with Crippen molar-refractivity contribution < 1.29 is 55.3 Å². The highest BCUT2D eigenvalue weighted by Gasteiger charge is 2.20. The van der Waals surface area contributed by atoms with E-state index in [4.69, 9.17) is 46.8 Å². The first kappa shape index (κ1) is 54.8. The number of nitrogens with two attached hydrogens (primary N) is 4. The van der Waals surface area contributed by atoms with Gasteiger partial charge in [-0.05, 0) is 108 Å². The number of esters is 1. The van der Waals surface area contributed by atoms with Gasteiger partial charge in [-0.2, -0.15) is 0 Å². The lowest BCUT2D eigenvalue weighted by Crippen LogP contribution is -2.14. The van der Waals surface area contributed by atoms with Gasteiger partial charge in [-0.3, -0.25) is 20.4 Å². The summed E-state index contributed by atoms with van der Waals surface area (Å²) in [6.07, 6.45) is 0. The monoisotopic (exact) mass is 1070 g/mol. The van der Waals surface area contributed by atoms with Crippen LogP contribution in [0.15, 0.2) is 192 Å². The Hall–Kier alpha value is -10.0. The first-order chi connectivity index (χ1) is 36.6. The van der Waals surface area contributed by atoms with Gasteiger partial charge < -0.3 is 41.4 Å². The van der Waals surface area contributed by atoms with Gasteiger partial charge in [0.25, 0.3) is 11.8 Å². The van der Waals surface area contributed by atoms with Crippen molar-refractivity contribution in [3.05, 3.63) is 215 Å². The molecule has 8 aromatic rings. The highest BCUT2D eigenvalue weighted by molar-refractivity contribution is 7.89. The highest BCUT2D eigenvalue weighted by atomic mass is 32.2. The topological polar surface area (TPSA) is 360 Å². The van der Waals surface area contributed by atoms with Gasteiger partial charge in [-0.15, -0.1) is 0 Å². The Balaban J connectivity index is 0.000000224. The summed E-state index contributed by atoms with van der Waals surface area (Å²) in [5, 5.41) is 40.7. The van der Waals surface area contributed by atoms with E-state index in [0.717, 1.165) is 0 Å². The van der Waals surface area contributed by atoms with Gasteiger partial charge in [0.2, 0.25) is 20.0 Å². The number of methoxy groups -OCH3 is 1. The lowest BCUT2D eigenvalue weighted by atomic mass is 10.0. The molecule has 0 aliphatic carbocycles. The van der Waals surface area contributed by atoms with E-state index >= 15 is 0 Å². The van der Waals surface area contributed by atoms with Gasteiger partial charge >= 0.3 is 11.9 Å². The Morgan fingerprint density at radius 1 is 0.468 bits per heavy atom. The maximum Gasteiger partial charge on any atom is 0.337 e. The van der Waals surface area contributed by atoms with Gasteiger partial charge in [-0.25, -0.2) is 36.7 Å². The third kappa shape index (κ3) is 13.8. The molecule has 77 heavy (non-hydrogen) atoms. The number of carboxylic acids is 1. The Bertz CT molecular complexity index is 3850. The highest BCUT2D eigenvalue weighted by Crippen LogP contribution is 2.35. The second kappa shape index (κ2) is 23.5. The normalized spacial score (nSPS) is 10.9. The van der Waals surface area contributed by atoms with Crippen LogP contribution in [0, 0.1) is 10.8 Å². The smallest absolute Gasteiger partial charge is 0.337 e. The predicted octanol–water partition coefficient (Wildman–Crippen LogP) is 8.14. The number of primary sulfonamides is 2. The van der Waals surface area contributed by atoms with Gasteiger partial charge in [-0.1, -0.05) is 84.9 Å². The number of rotatable bonds is 16. The second-order valence-electron chi connectivity index (χ2n) is 16.5. The van der Waals surface area contributed by atoms with Gasteiger partial charge in [0.05, 0.1) is 39.4 Å². The number of carbonyl (C=O) groups is 4. The summed E-state index contributed by atoms with van der Waals surface area (Å²) in [6, 6.07) is 46.4. The number of hydrogen-bond acceptors (Lipinski definition) is 13. The maximum absolute atomic E-state index is 13.1. The molecule has 0 saturated heterocycles. The van der Waals surface area contributed by atoms with Gasteiger partial charge in [0.15, 0.2) is 11.5 Å². The average molecular weight is 1080 g/mol. The van der Waals surface area contributed by atoms with Crippen molar-refractivity contribution >= 4 is 66.8 Å². The van der Waals surface area contributed by atoms with E-state index in [1.807, 2.05) is 0 Å². The molecule has 0 saturated carbocycles. The molecular weight excluding hydrogens is 1030 g/mol. The minimum absolute atomic E-state index is 0.0301. The minimum atomic E-state index is -3.96. The molecule has 22 heteroatoms. The van der Waals surface area contributed by atoms with Crippen LogP contribution in [0.25, 0.3) is 22.3 Å². The zero-order valence-electron chi connectivity index (χ0n) is 40.4. The van der Waals surface area contributed by atoms with Crippen molar-refractivity contribution in [2.24, 2.45) is 21.7 Å². The van der Waals surface area contributed by atoms with Gasteiger partial charge in [0, 0.05) is 33.4 Å². The average Bonchev–Trinajstić information content (AvgIpc) is 3.42. The van der Waals surface area contributed by atoms with E-state index in [9.17, 15) is 41.1 Å². The molecule has 0 fully saturated rings. The molecule has 8 rings (SSSR count). The zero-order valence-corrected chi connectivity index (χ0v) is 42.0. The largest absolute Gasteiger partial charge is 0.478 e. The molecule has 0 atom stereocenters. The molecule has 0 heterocycles. The first-order valence-electron chi connectivity index (χ1n) is 22.5. The van der Waals surface area contributed by atoms with Crippen molar-refractivity contribution in [1.29, 1.82) is 10.8 Å². The standard InChI is InChI=1S/C28H24N4O6S.C27H22N4O6S/c1-37-28(34)20-13-14-24(38-21-6-4-5-19(15-21)26(29)30)23(16-20)32-27(33)18-11-9-17(10-12-18)22-7-2-3-8-25(22)39(31,35)36;28-25(29)18-4-3-5-20(14-18)37-23-13-12-19(27(33)34)15-22(23)31-26(32)17-10-8-16(9-11-17)21-6-1-2-7-24(21)38(30,35)36/h2-16H,1H3,(H3,29,30)(H,32,33)(H2,31,35,36);1-15H,(H3,28,29)(H,31,32)(H,33,34)(H2,30,35,36). The Morgan fingerprint density at radius 2 is 0.844 bits per heavy atom. The van der Waals surface area contributed by atoms with Crippen molar-refractivity contribution in [2.75, 3.05) is 17.7 Å². The number of nitrogens with one attached hydrogen (secondary N) is 4. The Morgan fingerprint density at radius 3 is 1.22 bits per heavy atom. The van der Waals surface area contributed by atoms with E-state index in [2.05, 4.69) is 10.6 Å². The summed E-state index contributed by atoms with van der Waals surface area (Å²) < 4.78 is 64.4. The summed E-state index contributed by atoms with van der Waals surface area (Å²) in [5.74, 6) is -2.05. The number of carboxylic acid groups (broad SMARTS) is 1. The molecular formula is C55H46N8O12S2. The summed E-state index contributed by atoms with van der Waals surface area (Å²) in [7, 11) is -6.66. The van der Waals surface area contributed by atoms with E-state index in [0.29, 0.717) is 44.9 Å². The van der Waals surface area contributed by atoms with Crippen LogP contribution >= 0.6 is 0 Å². The van der Waals surface area contributed by atoms with Crippen LogP contribution in [-0.4, -0.2) is 64.5 Å². The molecule has 0 bridgehead atoms. The first-order valence-corrected chi connectivity index (χ1v) is 25.6. The van der Waals surface area contributed by atoms with Crippen molar-refractivity contribution in [2.45, 2.75) is 9.79 Å². The van der Waals surface area contributed by atoms with Crippen LogP contribution in [0.3, 0.4) is 0 Å². The lowest BCUT2D eigenvalue weighted by Gasteiger charge is -2.14. The maximum atomic E-state index is 13.1. The lowest BCUT2D eigenvalue weighted by molar-refractivity contribution is 0.0599. The number of amides is 2. The Kier molecular flexibility index (Phi) is 16.7. The number of aromatic carboxylic acids is 1. The number of carbonyl (C=O) groups excluding carboxylic acids is 3. The van der Waals surface area contributed by atoms with E-state index < -0.39 is 43.8 Å². The quantitative estimate of drug-likeness (QED) is 0.0250. The van der Waals surface area contributed by atoms with Gasteiger partial charge in [0.1, 0.15) is 23.2 Å². The van der Waals surface area contributed by atoms with E-state index in [1.54, 1.807) is 103 Å². The molecule has 0 aliphatic rings. The third-order valence-electron chi connectivity index (χ3n) is 11.2. The molecule has 20 nitrogen and oxygen atoms in total. The van der Waals surface area contributed by atoms with Crippen LogP contribution in [0.2, 0.25) is 0 Å². The van der Waals surface area contributed by atoms with Crippen LogP contribution < -0.4 is 41.9 Å². The molecule has 2 amide bonds. The summed E-state index contributed by atoms with van der Waals surface area (Å²) >= 11 is 0. The summed E-state index contributed by atoms with van der Waals surface area (Å²) in [6.45, 7) is 0. The number of anilines is 2. The number of nitrogen functional groups attached to an aromatic ring is 2. The van der Waals surface area contributed by atoms with Crippen LogP contribution in [-0.2, 0) is 24.8 Å². The fourth-order valence-electron chi connectivity index (χ4n) is 7.42. The Labute approximate surface area is 441 Å². The number of benzene rings is 8. The van der Waals surface area contributed by atoms with Crippen molar-refractivity contribution in [3.8, 4) is 45.3 Å². The molecule has 8 aromatic carbocycles. The molecule has 0 aromatic heterocycles. The molecule has 0 unspecified atom stereocenters. The van der Waals surface area contributed by atoms with Crippen molar-refractivity contribution in [1.82, 2.24) is 0 Å². The van der Waals surface area contributed by atoms with Crippen molar-refractivity contribution in [3.63, 3.8) is 0 Å². The number of hydrogen-bond donors (Lipinski definition) is 9. The molecule has 0 aliphatic heterocycles. The summed E-state index contributed by atoms with van der Waals surface area (Å²) in [5.41, 5.74) is 14.8. The molecule has 0 spiro atoms. The SMILES string of the molecule is COC(=O)c1ccc(Oc2cccc(C(=N)N)c2)c(NC(=O)c2ccc(-c3ccccc3S(N)(=O)=O)cc2)c1.N=C(N)c1cccc(Oc2ccc(C(=O)O)cc2NC(=O)c2ccc(-c3ccccc3S(N)(=O)=O)cc2)c1.